The van der Waals surface area contributed by atoms with Crippen molar-refractivity contribution in [1.29, 1.82) is 0 Å². The number of anilines is 1. The number of carbonyl (C=O) groups excluding carboxylic acids is 1. The van der Waals surface area contributed by atoms with Crippen LogP contribution in [0.4, 0.5) is 9.52 Å². The molecule has 128 valence electrons. The average molecular weight is 356 g/mol. The van der Waals surface area contributed by atoms with Crippen molar-refractivity contribution in [3.05, 3.63) is 76.5 Å². The molecule has 0 aliphatic rings. The van der Waals surface area contributed by atoms with E-state index in [1.54, 1.807) is 25.4 Å². The third-order valence-corrected chi connectivity index (χ3v) is 4.55. The highest BCUT2D eigenvalue weighted by Gasteiger charge is 2.11. The number of para-hydroxylation sites is 1. The summed E-state index contributed by atoms with van der Waals surface area (Å²) in [4.78, 5) is 17.4. The fraction of sp³-hybridized carbons (Fsp3) is 0.158. The zero-order chi connectivity index (χ0) is 17.6. The monoisotopic (exact) mass is 356 g/mol. The lowest BCUT2D eigenvalue weighted by Crippen LogP contribution is -2.14. The van der Waals surface area contributed by atoms with Crippen LogP contribution in [0, 0.1) is 5.82 Å². The van der Waals surface area contributed by atoms with Gasteiger partial charge in [0.05, 0.1) is 13.5 Å². The lowest BCUT2D eigenvalue weighted by molar-refractivity contribution is -0.115. The molecule has 1 N–H and O–H groups in total. The summed E-state index contributed by atoms with van der Waals surface area (Å²) in [6.07, 6.45) is 2.60. The predicted molar refractivity (Wildman–Crippen MR) is 96.6 cm³/mol. The maximum atomic E-state index is 12.9. The molecule has 3 rings (SSSR count). The average Bonchev–Trinajstić information content (AvgIpc) is 3.04. The summed E-state index contributed by atoms with van der Waals surface area (Å²) in [6, 6.07) is 13.8. The molecule has 0 atom stereocenters. The van der Waals surface area contributed by atoms with Crippen molar-refractivity contribution in [2.75, 3.05) is 12.4 Å². The molecule has 25 heavy (non-hydrogen) atoms. The highest BCUT2D eigenvalue weighted by molar-refractivity contribution is 7.15. The normalized spacial score (nSPS) is 10.5. The van der Waals surface area contributed by atoms with E-state index >= 15 is 0 Å². The van der Waals surface area contributed by atoms with E-state index in [0.717, 1.165) is 16.0 Å². The summed E-state index contributed by atoms with van der Waals surface area (Å²) < 4.78 is 18.2. The molecule has 0 bridgehead atoms. The largest absolute Gasteiger partial charge is 0.496 e. The number of rotatable bonds is 6. The molecule has 4 nitrogen and oxygen atoms in total. The van der Waals surface area contributed by atoms with Gasteiger partial charge in [-0.25, -0.2) is 9.37 Å². The maximum absolute atomic E-state index is 12.9. The van der Waals surface area contributed by atoms with E-state index in [0.29, 0.717) is 17.3 Å². The first kappa shape index (κ1) is 17.1. The quantitative estimate of drug-likeness (QED) is 0.724. The number of hydrogen-bond donors (Lipinski definition) is 1. The second-order valence-electron chi connectivity index (χ2n) is 5.47. The Kier molecular flexibility index (Phi) is 5.40. The molecule has 3 aromatic rings. The van der Waals surface area contributed by atoms with Gasteiger partial charge in [0.2, 0.25) is 5.91 Å². The molecular formula is C19H17FN2O2S. The van der Waals surface area contributed by atoms with Gasteiger partial charge in [0.25, 0.3) is 0 Å². The van der Waals surface area contributed by atoms with Crippen LogP contribution in [0.2, 0.25) is 0 Å². The van der Waals surface area contributed by atoms with E-state index in [9.17, 15) is 9.18 Å². The zero-order valence-electron chi connectivity index (χ0n) is 13.7. The number of nitrogens with one attached hydrogen (secondary N) is 1. The van der Waals surface area contributed by atoms with Gasteiger partial charge < -0.3 is 10.1 Å². The fourth-order valence-electron chi connectivity index (χ4n) is 2.44. The van der Waals surface area contributed by atoms with Crippen molar-refractivity contribution in [2.45, 2.75) is 12.8 Å². The molecule has 2 aromatic carbocycles. The second-order valence-corrected chi connectivity index (χ2v) is 6.59. The highest BCUT2D eigenvalue weighted by Crippen LogP contribution is 2.22. The van der Waals surface area contributed by atoms with Crippen LogP contribution in [0.25, 0.3) is 0 Å². The molecule has 0 saturated carbocycles. The molecule has 1 aromatic heterocycles. The Hall–Kier alpha value is -2.73. The summed E-state index contributed by atoms with van der Waals surface area (Å²) in [7, 11) is 1.58. The van der Waals surface area contributed by atoms with Gasteiger partial charge in [-0.05, 0) is 23.8 Å². The molecule has 1 heterocycles. The van der Waals surface area contributed by atoms with Crippen molar-refractivity contribution in [3.63, 3.8) is 0 Å². The Labute approximate surface area is 149 Å². The van der Waals surface area contributed by atoms with Crippen LogP contribution >= 0.6 is 11.3 Å². The number of ether oxygens (including phenoxy) is 1. The van der Waals surface area contributed by atoms with Crippen LogP contribution in [-0.2, 0) is 17.6 Å². The standard InChI is InChI=1S/C19H17FN2O2S/c1-24-17-5-3-2-4-14(17)11-18(23)22-19-21-12-16(25-19)10-13-6-8-15(20)9-7-13/h2-9,12H,10-11H2,1H3,(H,21,22,23). The van der Waals surface area contributed by atoms with Gasteiger partial charge in [0.1, 0.15) is 11.6 Å². The van der Waals surface area contributed by atoms with Crippen molar-refractivity contribution in [3.8, 4) is 5.75 Å². The first-order chi connectivity index (χ1) is 12.1. The van der Waals surface area contributed by atoms with Crippen molar-refractivity contribution >= 4 is 22.4 Å². The molecule has 0 aliphatic carbocycles. The van der Waals surface area contributed by atoms with Crippen molar-refractivity contribution < 1.29 is 13.9 Å². The predicted octanol–water partition coefficient (Wildman–Crippen LogP) is 4.06. The number of nitrogens with zero attached hydrogens (tertiary/aromatic N) is 1. The van der Waals surface area contributed by atoms with Gasteiger partial charge in [-0.3, -0.25) is 4.79 Å². The molecule has 0 spiro atoms. The number of aromatic nitrogens is 1. The fourth-order valence-corrected chi connectivity index (χ4v) is 3.30. The molecule has 6 heteroatoms. The first-order valence-corrected chi connectivity index (χ1v) is 8.56. The Morgan fingerprint density at radius 1 is 1.20 bits per heavy atom. The molecule has 0 saturated heterocycles. The minimum Gasteiger partial charge on any atom is -0.496 e. The first-order valence-electron chi connectivity index (χ1n) is 7.75. The lowest BCUT2D eigenvalue weighted by Gasteiger charge is -2.07. The van der Waals surface area contributed by atoms with Gasteiger partial charge in [-0.1, -0.05) is 30.3 Å². The Bertz CT molecular complexity index is 862. The van der Waals surface area contributed by atoms with Crippen LogP contribution in [0.5, 0.6) is 5.75 Å². The lowest BCUT2D eigenvalue weighted by atomic mass is 10.1. The topological polar surface area (TPSA) is 51.2 Å². The third kappa shape index (κ3) is 4.64. The van der Waals surface area contributed by atoms with Gasteiger partial charge in [0, 0.05) is 23.1 Å². The van der Waals surface area contributed by atoms with Gasteiger partial charge >= 0.3 is 0 Å². The zero-order valence-corrected chi connectivity index (χ0v) is 14.5. The minimum absolute atomic E-state index is 0.146. The smallest absolute Gasteiger partial charge is 0.230 e. The summed E-state index contributed by atoms with van der Waals surface area (Å²) >= 11 is 1.41. The van der Waals surface area contributed by atoms with Crippen LogP contribution in [0.3, 0.4) is 0 Å². The Morgan fingerprint density at radius 3 is 2.72 bits per heavy atom. The van der Waals surface area contributed by atoms with Crippen LogP contribution in [0.15, 0.2) is 54.7 Å². The number of amides is 1. The Balaban J connectivity index is 1.61. The number of benzene rings is 2. The SMILES string of the molecule is COc1ccccc1CC(=O)Nc1ncc(Cc2ccc(F)cc2)s1. The van der Waals surface area contributed by atoms with Crippen LogP contribution in [0.1, 0.15) is 16.0 Å². The summed E-state index contributed by atoms with van der Waals surface area (Å²) in [5, 5.41) is 3.36. The van der Waals surface area contributed by atoms with Gasteiger partial charge in [-0.15, -0.1) is 11.3 Å². The Morgan fingerprint density at radius 2 is 1.96 bits per heavy atom. The molecule has 0 unspecified atom stereocenters. The number of hydrogen-bond acceptors (Lipinski definition) is 4. The number of thiazole rings is 1. The molecule has 0 aliphatic heterocycles. The molecule has 0 radical (unpaired) electrons. The van der Waals surface area contributed by atoms with Crippen LogP contribution < -0.4 is 10.1 Å². The van der Waals surface area contributed by atoms with Crippen molar-refractivity contribution in [1.82, 2.24) is 4.98 Å². The minimum atomic E-state index is -0.252. The third-order valence-electron chi connectivity index (χ3n) is 3.64. The van der Waals surface area contributed by atoms with Gasteiger partial charge in [0.15, 0.2) is 5.13 Å². The molecule has 0 fully saturated rings. The van der Waals surface area contributed by atoms with E-state index < -0.39 is 0 Å². The number of methoxy groups -OCH3 is 1. The summed E-state index contributed by atoms with van der Waals surface area (Å²) in [5.74, 6) is 0.290. The van der Waals surface area contributed by atoms with E-state index in [1.807, 2.05) is 24.3 Å². The maximum Gasteiger partial charge on any atom is 0.230 e. The molecular weight excluding hydrogens is 339 g/mol. The summed E-state index contributed by atoms with van der Waals surface area (Å²) in [5.41, 5.74) is 1.82. The molecule has 1 amide bonds. The number of carbonyl (C=O) groups is 1. The van der Waals surface area contributed by atoms with Crippen molar-refractivity contribution in [2.24, 2.45) is 0 Å². The second kappa shape index (κ2) is 7.90. The van der Waals surface area contributed by atoms with E-state index in [1.165, 1.54) is 23.5 Å². The highest BCUT2D eigenvalue weighted by atomic mass is 32.1. The van der Waals surface area contributed by atoms with Crippen LogP contribution in [-0.4, -0.2) is 18.0 Å². The van der Waals surface area contributed by atoms with E-state index in [2.05, 4.69) is 10.3 Å². The summed E-state index contributed by atoms with van der Waals surface area (Å²) in [6.45, 7) is 0. The van der Waals surface area contributed by atoms with Gasteiger partial charge in [-0.2, -0.15) is 0 Å². The van der Waals surface area contributed by atoms with E-state index in [4.69, 9.17) is 4.74 Å². The number of halogens is 1. The van der Waals surface area contributed by atoms with E-state index in [-0.39, 0.29) is 18.1 Å².